The van der Waals surface area contributed by atoms with Crippen molar-refractivity contribution < 1.29 is 13.2 Å². The summed E-state index contributed by atoms with van der Waals surface area (Å²) in [6.07, 6.45) is -4.79. The smallest absolute Gasteiger partial charge is 0.275 e. The minimum atomic E-state index is -4.79. The van der Waals surface area contributed by atoms with Crippen molar-refractivity contribution in [2.75, 3.05) is 0 Å². The fourth-order valence-electron chi connectivity index (χ4n) is 0.729. The molecule has 0 aliphatic rings. The molecule has 1 heterocycles. The Morgan fingerprint density at radius 1 is 1.14 bits per heavy atom. The summed E-state index contributed by atoms with van der Waals surface area (Å²) in [6.45, 7) is 0. The second kappa shape index (κ2) is 3.39. The topological polar surface area (TPSA) is 55.2 Å². The first kappa shape index (κ1) is 10.7. The molecule has 0 saturated carbocycles. The van der Waals surface area contributed by atoms with E-state index in [1.54, 1.807) is 0 Å². The zero-order valence-corrected chi connectivity index (χ0v) is 6.54. The van der Waals surface area contributed by atoms with Crippen LogP contribution in [0.2, 0.25) is 0 Å². The number of nitroso groups, excluding NO2 is 1. The van der Waals surface area contributed by atoms with Crippen molar-refractivity contribution in [1.29, 1.82) is 0 Å². The van der Waals surface area contributed by atoms with E-state index < -0.39 is 28.9 Å². The number of hydrogen-bond acceptors (Lipinski definition) is 4. The molecule has 68 valence electrons. The molecule has 0 aliphatic carbocycles. The lowest BCUT2D eigenvalue weighted by Crippen LogP contribution is -2.31. The van der Waals surface area contributed by atoms with Crippen molar-refractivity contribution in [1.82, 2.24) is 9.97 Å². The largest absolute Gasteiger partial charge is 0.434 e. The Bertz CT molecular complexity index is 381. The second-order valence-electron chi connectivity index (χ2n) is 2.26. The van der Waals surface area contributed by atoms with E-state index in [0.29, 0.717) is 0 Å². The molecule has 0 amide bonds. The summed E-state index contributed by atoms with van der Waals surface area (Å²) in [5.41, 5.74) is -2.89. The lowest BCUT2D eigenvalue weighted by atomic mass is 9.97. The van der Waals surface area contributed by atoms with Crippen LogP contribution >= 0.6 is 0 Å². The number of nitrogens with zero attached hydrogens (tertiary/aromatic N) is 3. The Morgan fingerprint density at radius 3 is 2.14 bits per heavy atom. The van der Waals surface area contributed by atoms with E-state index >= 15 is 0 Å². The van der Waals surface area contributed by atoms with Crippen LogP contribution in [0.15, 0.2) is 5.18 Å². The van der Waals surface area contributed by atoms with Gasteiger partial charge in [-0.25, -0.2) is 4.98 Å². The van der Waals surface area contributed by atoms with Crippen LogP contribution in [-0.2, 0) is 6.18 Å². The van der Waals surface area contributed by atoms with Crippen LogP contribution in [-0.4, -0.2) is 25.7 Å². The predicted octanol–water partition coefficient (Wildman–Crippen LogP) is -0.519. The zero-order valence-electron chi connectivity index (χ0n) is 6.54. The summed E-state index contributed by atoms with van der Waals surface area (Å²) in [7, 11) is 9.94. The summed E-state index contributed by atoms with van der Waals surface area (Å²) in [6, 6.07) is 0. The Kier molecular flexibility index (Phi) is 2.59. The predicted molar refractivity (Wildman–Crippen MR) is 43.3 cm³/mol. The molecule has 0 fully saturated rings. The minimum Gasteiger partial charge on any atom is -0.275 e. The van der Waals surface area contributed by atoms with Gasteiger partial charge < -0.3 is 0 Å². The van der Waals surface area contributed by atoms with Gasteiger partial charge in [-0.1, -0.05) is 0 Å². The summed E-state index contributed by atoms with van der Waals surface area (Å²) >= 11 is 0. The highest BCUT2D eigenvalue weighted by Gasteiger charge is 2.35. The lowest BCUT2D eigenvalue weighted by Gasteiger charge is -2.09. The quantitative estimate of drug-likeness (QED) is 0.449. The molecule has 0 aliphatic heterocycles. The SMILES string of the molecule is [B]c1nc([B])c(C(F)(F)F)nc1N=O. The minimum absolute atomic E-state index is 0.537. The maximum absolute atomic E-state index is 12.1. The highest BCUT2D eigenvalue weighted by molar-refractivity contribution is 6.36. The van der Waals surface area contributed by atoms with E-state index in [9.17, 15) is 18.1 Å². The van der Waals surface area contributed by atoms with Gasteiger partial charge in [0, 0.05) is 11.2 Å². The molecular weight excluding hydrogens is 197 g/mol. The van der Waals surface area contributed by atoms with Crippen LogP contribution in [0.4, 0.5) is 19.0 Å². The van der Waals surface area contributed by atoms with Crippen molar-refractivity contribution in [2.45, 2.75) is 6.18 Å². The zero-order chi connectivity index (χ0) is 10.9. The van der Waals surface area contributed by atoms with E-state index in [-0.39, 0.29) is 0 Å². The molecule has 9 heteroatoms. The fourth-order valence-corrected chi connectivity index (χ4v) is 0.729. The number of alkyl halides is 3. The number of halogens is 3. The summed E-state index contributed by atoms with van der Waals surface area (Å²) in [4.78, 5) is 15.9. The molecule has 1 aromatic heterocycles. The standard InChI is InChI=1S/C5B2F3N3O/c6-2-1(5(8,9)10)11-4(13-14)3(7)12-2. The Hall–Kier alpha value is -1.40. The Morgan fingerprint density at radius 2 is 1.71 bits per heavy atom. The van der Waals surface area contributed by atoms with Crippen molar-refractivity contribution in [2.24, 2.45) is 5.18 Å². The Balaban J connectivity index is 3.39. The van der Waals surface area contributed by atoms with E-state index in [4.69, 9.17) is 15.7 Å². The molecule has 4 radical (unpaired) electrons. The van der Waals surface area contributed by atoms with Crippen LogP contribution in [0, 0.1) is 4.91 Å². The molecule has 4 nitrogen and oxygen atoms in total. The van der Waals surface area contributed by atoms with Crippen LogP contribution in [0.5, 0.6) is 0 Å². The van der Waals surface area contributed by atoms with Crippen LogP contribution in [0.25, 0.3) is 0 Å². The molecule has 1 rings (SSSR count). The molecule has 0 atom stereocenters. The summed E-state index contributed by atoms with van der Waals surface area (Å²) in [5.74, 6) is -0.827. The molecule has 0 unspecified atom stereocenters. The first-order chi connectivity index (χ1) is 6.36. The molecular formula is C5B2F3N3O. The van der Waals surface area contributed by atoms with Gasteiger partial charge in [-0.3, -0.25) is 4.98 Å². The van der Waals surface area contributed by atoms with Crippen molar-refractivity contribution in [3.05, 3.63) is 10.6 Å². The molecule has 14 heavy (non-hydrogen) atoms. The van der Waals surface area contributed by atoms with Gasteiger partial charge in [-0.15, -0.1) is 4.91 Å². The van der Waals surface area contributed by atoms with Gasteiger partial charge in [-0.05, 0) is 5.18 Å². The molecule has 0 spiro atoms. The van der Waals surface area contributed by atoms with Crippen molar-refractivity contribution in [3.63, 3.8) is 0 Å². The van der Waals surface area contributed by atoms with Crippen molar-refractivity contribution >= 4 is 32.7 Å². The third kappa shape index (κ3) is 1.91. The van der Waals surface area contributed by atoms with Gasteiger partial charge in [0.05, 0.1) is 0 Å². The molecule has 0 bridgehead atoms. The Labute approximate surface area is 78.7 Å². The third-order valence-electron chi connectivity index (χ3n) is 1.29. The highest BCUT2D eigenvalue weighted by Crippen LogP contribution is 2.26. The average molecular weight is 197 g/mol. The van der Waals surface area contributed by atoms with E-state index in [1.807, 2.05) is 0 Å². The average Bonchev–Trinajstić information content (AvgIpc) is 2.02. The molecule has 0 saturated heterocycles. The van der Waals surface area contributed by atoms with Gasteiger partial charge in [0.25, 0.3) is 0 Å². The highest BCUT2D eigenvalue weighted by atomic mass is 19.4. The van der Waals surface area contributed by atoms with Gasteiger partial charge in [0.2, 0.25) is 5.82 Å². The maximum Gasteiger partial charge on any atom is 0.434 e. The number of aromatic nitrogens is 2. The van der Waals surface area contributed by atoms with E-state index in [0.717, 1.165) is 0 Å². The second-order valence-corrected chi connectivity index (χ2v) is 2.26. The first-order valence-corrected chi connectivity index (χ1v) is 3.19. The van der Waals surface area contributed by atoms with Crippen LogP contribution < -0.4 is 11.2 Å². The summed E-state index contributed by atoms with van der Waals surface area (Å²) in [5, 5.41) is 2.18. The molecule has 1 aromatic rings. The third-order valence-corrected chi connectivity index (χ3v) is 1.29. The van der Waals surface area contributed by atoms with Crippen LogP contribution in [0.3, 0.4) is 0 Å². The maximum atomic E-state index is 12.1. The first-order valence-electron chi connectivity index (χ1n) is 3.19. The molecule has 0 N–H and O–H groups in total. The normalized spacial score (nSPS) is 11.4. The van der Waals surface area contributed by atoms with Gasteiger partial charge in [0.15, 0.2) is 5.69 Å². The number of hydrogen-bond donors (Lipinski definition) is 0. The number of rotatable bonds is 1. The monoisotopic (exact) mass is 197 g/mol. The summed E-state index contributed by atoms with van der Waals surface area (Å²) < 4.78 is 36.4. The van der Waals surface area contributed by atoms with Gasteiger partial charge in [-0.2, -0.15) is 13.2 Å². The van der Waals surface area contributed by atoms with E-state index in [1.165, 1.54) is 0 Å². The lowest BCUT2D eigenvalue weighted by molar-refractivity contribution is -0.140. The fraction of sp³-hybridized carbons (Fsp3) is 0.200. The van der Waals surface area contributed by atoms with E-state index in [2.05, 4.69) is 15.1 Å². The van der Waals surface area contributed by atoms with Gasteiger partial charge in [0.1, 0.15) is 15.7 Å². The van der Waals surface area contributed by atoms with Crippen LogP contribution in [0.1, 0.15) is 5.69 Å². The molecule has 0 aromatic carbocycles. The van der Waals surface area contributed by atoms with Crippen molar-refractivity contribution in [3.8, 4) is 0 Å². The van der Waals surface area contributed by atoms with Gasteiger partial charge >= 0.3 is 6.18 Å².